The molecule has 0 aliphatic heterocycles. The van der Waals surface area contributed by atoms with Gasteiger partial charge in [0.15, 0.2) is 0 Å². The summed E-state index contributed by atoms with van der Waals surface area (Å²) in [6.45, 7) is 0. The van der Waals surface area contributed by atoms with Crippen molar-refractivity contribution in [3.05, 3.63) is 0 Å². The largest absolute Gasteiger partial charge is 4.00 e. The standard InChI is InChI=1S/4O.Ru.Th/q4*-2;2*+4. The topological polar surface area (TPSA) is 114 Å². The van der Waals surface area contributed by atoms with Gasteiger partial charge >= 0.3 is 59.4 Å². The molecule has 6 heteroatoms. The predicted molar refractivity (Wildman–Crippen MR) is 2.75 cm³/mol. The van der Waals surface area contributed by atoms with Crippen LogP contribution in [0.25, 0.3) is 0 Å². The Kier molecular flexibility index (Phi) is 1330. The fraction of sp³-hybridized carbons (Fsp3) is 0. The van der Waals surface area contributed by atoms with Crippen molar-refractivity contribution in [3.63, 3.8) is 0 Å². The zero-order valence-electron chi connectivity index (χ0n) is 2.49. The molecule has 0 N–H and O–H groups in total. The molecular formula is O4RuTh. The Labute approximate surface area is 80.4 Å². The van der Waals surface area contributed by atoms with Crippen LogP contribution < -0.4 is 0 Å². The van der Waals surface area contributed by atoms with Crippen LogP contribution in [0.4, 0.5) is 0 Å². The summed E-state index contributed by atoms with van der Waals surface area (Å²) in [7, 11) is 0. The van der Waals surface area contributed by atoms with Crippen molar-refractivity contribution in [3.8, 4) is 0 Å². The van der Waals surface area contributed by atoms with Gasteiger partial charge in [-0.25, -0.2) is 0 Å². The second kappa shape index (κ2) is 71.1. The first kappa shape index (κ1) is 112. The van der Waals surface area contributed by atoms with Crippen molar-refractivity contribution in [2.24, 2.45) is 0 Å². The fourth-order valence-corrected chi connectivity index (χ4v) is 0. The minimum Gasteiger partial charge on any atom is -2.00 e. The van der Waals surface area contributed by atoms with Crippen LogP contribution in [0, 0.1) is 39.9 Å². The average molecular weight is 397 g/mol. The van der Waals surface area contributed by atoms with Gasteiger partial charge in [-0.2, -0.15) is 0 Å². The van der Waals surface area contributed by atoms with E-state index in [2.05, 4.69) is 0 Å². The van der Waals surface area contributed by atoms with E-state index in [0.717, 1.165) is 0 Å². The minimum absolute atomic E-state index is 0. The Balaban J connectivity index is 0. The molecule has 0 bridgehead atoms. The van der Waals surface area contributed by atoms with E-state index in [-0.39, 0.29) is 81.3 Å². The molecule has 0 radical (unpaired) electrons. The molecule has 0 aromatic carbocycles. The van der Waals surface area contributed by atoms with Crippen LogP contribution in [-0.4, -0.2) is 0 Å². The Morgan fingerprint density at radius 2 is 0.500 bits per heavy atom. The zero-order valence-corrected chi connectivity index (χ0v) is 8.33. The first-order valence-corrected chi connectivity index (χ1v) is 0. The summed E-state index contributed by atoms with van der Waals surface area (Å²) in [6.07, 6.45) is 0. The van der Waals surface area contributed by atoms with Crippen molar-refractivity contribution in [1.82, 2.24) is 0 Å². The second-order valence-electron chi connectivity index (χ2n) is 0. The molecule has 0 aliphatic carbocycles. The second-order valence-corrected chi connectivity index (χ2v) is 0. The summed E-state index contributed by atoms with van der Waals surface area (Å²) in [4.78, 5) is 0. The molecule has 6 heavy (non-hydrogen) atoms. The van der Waals surface area contributed by atoms with E-state index in [1.165, 1.54) is 0 Å². The van der Waals surface area contributed by atoms with Gasteiger partial charge in [-0.05, 0) is 0 Å². The molecule has 4 nitrogen and oxygen atoms in total. The molecule has 0 saturated heterocycles. The summed E-state index contributed by atoms with van der Waals surface area (Å²) in [5.41, 5.74) is 0. The SMILES string of the molecule is [O-2].[O-2].[O-2].[O-2].[Ru+4].[Th+4]. The van der Waals surface area contributed by atoms with Crippen molar-refractivity contribution in [2.45, 2.75) is 0 Å². The summed E-state index contributed by atoms with van der Waals surface area (Å²) in [5.74, 6) is 0. The predicted octanol–water partition coefficient (Wildman–Crippen LogP) is -0.478. The molecule has 36 valence electrons. The van der Waals surface area contributed by atoms with Crippen molar-refractivity contribution in [1.29, 1.82) is 0 Å². The van der Waals surface area contributed by atoms with Crippen LogP contribution in [0.1, 0.15) is 0 Å². The monoisotopic (exact) mass is 398 g/mol. The van der Waals surface area contributed by atoms with Gasteiger partial charge in [0.25, 0.3) is 0 Å². The maximum atomic E-state index is 0. The molecule has 0 amide bonds. The number of hydrogen-bond donors (Lipinski definition) is 0. The van der Waals surface area contributed by atoms with Crippen molar-refractivity contribution >= 4 is 0 Å². The van der Waals surface area contributed by atoms with Gasteiger partial charge in [0.2, 0.25) is 0 Å². The Morgan fingerprint density at radius 3 is 0.500 bits per heavy atom. The third-order valence-corrected chi connectivity index (χ3v) is 0. The zero-order chi connectivity index (χ0) is 0. The van der Waals surface area contributed by atoms with Gasteiger partial charge in [0.1, 0.15) is 0 Å². The summed E-state index contributed by atoms with van der Waals surface area (Å²) in [6, 6.07) is 0. The van der Waals surface area contributed by atoms with Crippen LogP contribution in [0.5, 0.6) is 0 Å². The molecular weight excluding hydrogens is 397 g/mol. The van der Waals surface area contributed by atoms with Gasteiger partial charge in [-0.1, -0.05) is 0 Å². The Bertz CT molecular complexity index is 7.51. The quantitative estimate of drug-likeness (QED) is 0.492. The van der Waals surface area contributed by atoms with Crippen LogP contribution in [0.3, 0.4) is 0 Å². The molecule has 0 aromatic heterocycles. The van der Waals surface area contributed by atoms with Crippen molar-refractivity contribution in [2.75, 3.05) is 0 Å². The minimum atomic E-state index is 0. The maximum Gasteiger partial charge on any atom is 4.00 e. The van der Waals surface area contributed by atoms with E-state index in [1.807, 2.05) is 0 Å². The van der Waals surface area contributed by atoms with Gasteiger partial charge in [0.05, 0.1) is 0 Å². The van der Waals surface area contributed by atoms with Crippen molar-refractivity contribution < 1.29 is 81.3 Å². The van der Waals surface area contributed by atoms with E-state index in [1.54, 1.807) is 0 Å². The number of hydrogen-bond acceptors (Lipinski definition) is 0. The van der Waals surface area contributed by atoms with Gasteiger partial charge < -0.3 is 21.9 Å². The van der Waals surface area contributed by atoms with Gasteiger partial charge in [-0.15, -0.1) is 0 Å². The Hall–Kier alpha value is 1.79. The summed E-state index contributed by atoms with van der Waals surface area (Å²) < 4.78 is 0. The first-order valence-electron chi connectivity index (χ1n) is 0. The molecule has 0 spiro atoms. The molecule has 0 fully saturated rings. The van der Waals surface area contributed by atoms with E-state index >= 15 is 0 Å². The molecule has 0 aliphatic rings. The molecule has 0 rings (SSSR count). The third-order valence-electron chi connectivity index (χ3n) is 0. The van der Waals surface area contributed by atoms with Crippen LogP contribution in [0.2, 0.25) is 0 Å². The van der Waals surface area contributed by atoms with Crippen LogP contribution >= 0.6 is 0 Å². The van der Waals surface area contributed by atoms with E-state index in [9.17, 15) is 0 Å². The molecule has 0 unspecified atom stereocenters. The Morgan fingerprint density at radius 1 is 0.500 bits per heavy atom. The first-order chi connectivity index (χ1) is 0. The van der Waals surface area contributed by atoms with Crippen LogP contribution in [-0.2, 0) is 41.4 Å². The molecule has 0 heterocycles. The van der Waals surface area contributed by atoms with Gasteiger partial charge in [-0.3, -0.25) is 0 Å². The normalized spacial score (nSPS) is 0. The number of rotatable bonds is 0. The third kappa shape index (κ3) is 41.5. The summed E-state index contributed by atoms with van der Waals surface area (Å²) in [5, 5.41) is 0. The molecule has 0 saturated carbocycles. The van der Waals surface area contributed by atoms with E-state index in [4.69, 9.17) is 0 Å². The van der Waals surface area contributed by atoms with Crippen LogP contribution in [0.15, 0.2) is 0 Å². The van der Waals surface area contributed by atoms with E-state index in [0.29, 0.717) is 0 Å². The summed E-state index contributed by atoms with van der Waals surface area (Å²) >= 11 is 0. The maximum absolute atomic E-state index is 0. The van der Waals surface area contributed by atoms with E-state index < -0.39 is 0 Å². The molecule has 0 atom stereocenters. The van der Waals surface area contributed by atoms with Gasteiger partial charge in [0, 0.05) is 0 Å². The molecule has 0 aromatic rings. The fourth-order valence-electron chi connectivity index (χ4n) is 0. The average Bonchev–Trinajstić information content (AvgIpc) is 0. The smallest absolute Gasteiger partial charge is 2.00 e.